The number of piperidine rings is 1. The van der Waals surface area contributed by atoms with Crippen molar-refractivity contribution < 1.29 is 17.9 Å². The summed E-state index contributed by atoms with van der Waals surface area (Å²) in [7, 11) is 0. The second kappa shape index (κ2) is 6.62. The molecule has 8 heteroatoms. The highest BCUT2D eigenvalue weighted by molar-refractivity contribution is 5.48. The lowest BCUT2D eigenvalue weighted by atomic mass is 10.1. The van der Waals surface area contributed by atoms with E-state index >= 15 is 0 Å². The molecular formula is C16H17F3N4O. The van der Waals surface area contributed by atoms with Crippen LogP contribution in [0.1, 0.15) is 24.0 Å². The summed E-state index contributed by atoms with van der Waals surface area (Å²) in [6.45, 7) is 2.69. The van der Waals surface area contributed by atoms with Crippen LogP contribution in [0, 0.1) is 6.92 Å². The smallest absolute Gasteiger partial charge is 0.419 e. The molecule has 1 saturated heterocycles. The van der Waals surface area contributed by atoms with Gasteiger partial charge in [0, 0.05) is 25.1 Å². The van der Waals surface area contributed by atoms with E-state index in [9.17, 15) is 13.2 Å². The number of anilines is 1. The molecule has 0 N–H and O–H groups in total. The van der Waals surface area contributed by atoms with Crippen LogP contribution >= 0.6 is 0 Å². The van der Waals surface area contributed by atoms with Gasteiger partial charge in [0.1, 0.15) is 11.9 Å². The van der Waals surface area contributed by atoms with Crippen LogP contribution in [0.3, 0.4) is 0 Å². The van der Waals surface area contributed by atoms with E-state index in [0.717, 1.165) is 18.1 Å². The molecule has 0 aromatic carbocycles. The van der Waals surface area contributed by atoms with Crippen LogP contribution in [0.25, 0.3) is 0 Å². The minimum absolute atomic E-state index is 0.0527. The van der Waals surface area contributed by atoms with E-state index in [2.05, 4.69) is 15.0 Å². The Bertz CT molecular complexity index is 690. The van der Waals surface area contributed by atoms with Crippen LogP contribution < -0.4 is 9.64 Å². The molecular weight excluding hydrogens is 321 g/mol. The molecule has 1 aliphatic rings. The summed E-state index contributed by atoms with van der Waals surface area (Å²) in [6, 6.07) is 2.59. The van der Waals surface area contributed by atoms with Crippen LogP contribution in [0.4, 0.5) is 19.0 Å². The highest BCUT2D eigenvalue weighted by atomic mass is 19.4. The van der Waals surface area contributed by atoms with E-state index in [-0.39, 0.29) is 17.9 Å². The Morgan fingerprint density at radius 3 is 2.67 bits per heavy atom. The van der Waals surface area contributed by atoms with Gasteiger partial charge in [-0.05, 0) is 37.5 Å². The van der Waals surface area contributed by atoms with Gasteiger partial charge in [-0.25, -0.2) is 15.0 Å². The molecule has 0 saturated carbocycles. The molecule has 1 fully saturated rings. The van der Waals surface area contributed by atoms with Crippen molar-refractivity contribution in [3.63, 3.8) is 0 Å². The Kier molecular flexibility index (Phi) is 4.55. The number of alkyl halides is 3. The van der Waals surface area contributed by atoms with Crippen LogP contribution in [0.2, 0.25) is 0 Å². The van der Waals surface area contributed by atoms with Gasteiger partial charge in [-0.1, -0.05) is 0 Å². The lowest BCUT2D eigenvalue weighted by Crippen LogP contribution is -2.42. The van der Waals surface area contributed by atoms with Crippen molar-refractivity contribution >= 4 is 5.82 Å². The first-order valence-corrected chi connectivity index (χ1v) is 7.66. The summed E-state index contributed by atoms with van der Waals surface area (Å²) in [6.07, 6.45) is 1.40. The SMILES string of the molecule is Cc1cnc(OC2CCCN(c3ncccc3C(F)(F)F)C2)nc1. The maximum absolute atomic E-state index is 13.2. The van der Waals surface area contributed by atoms with Crippen molar-refractivity contribution in [1.29, 1.82) is 0 Å². The molecule has 24 heavy (non-hydrogen) atoms. The second-order valence-corrected chi connectivity index (χ2v) is 5.74. The monoisotopic (exact) mass is 338 g/mol. The first-order valence-electron chi connectivity index (χ1n) is 7.66. The predicted molar refractivity (Wildman–Crippen MR) is 81.9 cm³/mol. The van der Waals surface area contributed by atoms with Crippen LogP contribution in [-0.2, 0) is 6.18 Å². The quantitative estimate of drug-likeness (QED) is 0.860. The molecule has 1 atom stereocenters. The molecule has 128 valence electrons. The number of aryl methyl sites for hydroxylation is 1. The van der Waals surface area contributed by atoms with Crippen molar-refractivity contribution in [2.45, 2.75) is 32.0 Å². The molecule has 0 bridgehead atoms. The van der Waals surface area contributed by atoms with E-state index in [0.29, 0.717) is 19.5 Å². The van der Waals surface area contributed by atoms with E-state index in [1.807, 2.05) is 6.92 Å². The average molecular weight is 338 g/mol. The number of nitrogens with zero attached hydrogens (tertiary/aromatic N) is 4. The van der Waals surface area contributed by atoms with E-state index in [4.69, 9.17) is 4.74 Å². The minimum Gasteiger partial charge on any atom is -0.458 e. The molecule has 0 radical (unpaired) electrons. The summed E-state index contributed by atoms with van der Waals surface area (Å²) in [5, 5.41) is 0. The lowest BCUT2D eigenvalue weighted by molar-refractivity contribution is -0.137. The van der Waals surface area contributed by atoms with Gasteiger partial charge in [0.05, 0.1) is 12.1 Å². The predicted octanol–water partition coefficient (Wildman–Crippen LogP) is 3.25. The van der Waals surface area contributed by atoms with Crippen LogP contribution in [0.15, 0.2) is 30.7 Å². The molecule has 5 nitrogen and oxygen atoms in total. The summed E-state index contributed by atoms with van der Waals surface area (Å²) >= 11 is 0. The Labute approximate surface area is 137 Å². The maximum atomic E-state index is 13.2. The van der Waals surface area contributed by atoms with E-state index < -0.39 is 11.7 Å². The van der Waals surface area contributed by atoms with Gasteiger partial charge >= 0.3 is 12.2 Å². The summed E-state index contributed by atoms with van der Waals surface area (Å²) in [5.41, 5.74) is 0.188. The first kappa shape index (κ1) is 16.5. The number of aromatic nitrogens is 3. The zero-order valence-corrected chi connectivity index (χ0v) is 13.1. The Morgan fingerprint density at radius 1 is 1.21 bits per heavy atom. The summed E-state index contributed by atoms with van der Waals surface area (Å²) in [4.78, 5) is 13.7. The Morgan fingerprint density at radius 2 is 1.96 bits per heavy atom. The average Bonchev–Trinajstić information content (AvgIpc) is 2.56. The topological polar surface area (TPSA) is 51.1 Å². The zero-order chi connectivity index (χ0) is 17.2. The molecule has 0 spiro atoms. The second-order valence-electron chi connectivity index (χ2n) is 5.74. The van der Waals surface area contributed by atoms with Gasteiger partial charge in [0.15, 0.2) is 0 Å². The van der Waals surface area contributed by atoms with Gasteiger partial charge in [-0.15, -0.1) is 0 Å². The van der Waals surface area contributed by atoms with Gasteiger partial charge in [0.25, 0.3) is 0 Å². The Hall–Kier alpha value is -2.38. The number of hydrogen-bond donors (Lipinski definition) is 0. The van der Waals surface area contributed by atoms with Crippen molar-refractivity contribution in [3.05, 3.63) is 41.9 Å². The fourth-order valence-electron chi connectivity index (χ4n) is 2.69. The fraction of sp³-hybridized carbons (Fsp3) is 0.438. The number of hydrogen-bond acceptors (Lipinski definition) is 5. The number of rotatable bonds is 3. The molecule has 2 aromatic heterocycles. The van der Waals surface area contributed by atoms with Crippen molar-refractivity contribution in [2.24, 2.45) is 0 Å². The number of halogens is 3. The number of ether oxygens (including phenoxy) is 1. The Balaban J connectivity index is 1.75. The molecule has 0 aliphatic carbocycles. The highest BCUT2D eigenvalue weighted by Crippen LogP contribution is 2.36. The molecule has 3 rings (SSSR count). The third kappa shape index (κ3) is 3.74. The number of pyridine rings is 1. The van der Waals surface area contributed by atoms with Crippen LogP contribution in [0.5, 0.6) is 6.01 Å². The zero-order valence-electron chi connectivity index (χ0n) is 13.1. The third-order valence-electron chi connectivity index (χ3n) is 3.80. The first-order chi connectivity index (χ1) is 11.4. The maximum Gasteiger partial charge on any atom is 0.419 e. The summed E-state index contributed by atoms with van der Waals surface area (Å²) < 4.78 is 45.2. The van der Waals surface area contributed by atoms with Gasteiger partial charge in [-0.3, -0.25) is 0 Å². The van der Waals surface area contributed by atoms with Crippen molar-refractivity contribution in [1.82, 2.24) is 15.0 Å². The minimum atomic E-state index is -4.43. The molecule has 1 unspecified atom stereocenters. The van der Waals surface area contributed by atoms with E-state index in [1.165, 1.54) is 12.3 Å². The van der Waals surface area contributed by atoms with Crippen molar-refractivity contribution in [2.75, 3.05) is 18.0 Å². The molecule has 2 aromatic rings. The van der Waals surface area contributed by atoms with Gasteiger partial charge < -0.3 is 9.64 Å². The molecule has 0 amide bonds. The highest BCUT2D eigenvalue weighted by Gasteiger charge is 2.36. The fourth-order valence-corrected chi connectivity index (χ4v) is 2.69. The normalized spacial score (nSPS) is 18.5. The third-order valence-corrected chi connectivity index (χ3v) is 3.80. The van der Waals surface area contributed by atoms with Gasteiger partial charge in [-0.2, -0.15) is 13.2 Å². The van der Waals surface area contributed by atoms with Crippen LogP contribution in [-0.4, -0.2) is 34.1 Å². The summed E-state index contributed by atoms with van der Waals surface area (Å²) in [5.74, 6) is -0.0527. The molecule has 1 aliphatic heterocycles. The molecule has 3 heterocycles. The van der Waals surface area contributed by atoms with Crippen molar-refractivity contribution in [3.8, 4) is 6.01 Å². The lowest BCUT2D eigenvalue weighted by Gasteiger charge is -2.34. The largest absolute Gasteiger partial charge is 0.458 e. The standard InChI is InChI=1S/C16H17F3N4O/c1-11-8-21-15(22-9-11)24-12-4-3-7-23(10-12)14-13(16(17,18)19)5-2-6-20-14/h2,5-6,8-9,12H,3-4,7,10H2,1H3. The van der Waals surface area contributed by atoms with E-state index in [1.54, 1.807) is 17.3 Å². The van der Waals surface area contributed by atoms with Gasteiger partial charge in [0.2, 0.25) is 0 Å².